The Morgan fingerprint density at radius 1 is 1.37 bits per heavy atom. The highest BCUT2D eigenvalue weighted by atomic mass is 32.1. The lowest BCUT2D eigenvalue weighted by Crippen LogP contribution is -2.57. The number of hydrogen-bond acceptors (Lipinski definition) is 4. The van der Waals surface area contributed by atoms with Crippen LogP contribution in [0.2, 0.25) is 0 Å². The van der Waals surface area contributed by atoms with Gasteiger partial charge in [0, 0.05) is 36.9 Å². The second-order valence-electron chi connectivity index (χ2n) is 5.82. The third kappa shape index (κ3) is 1.92. The minimum absolute atomic E-state index is 0.148. The average Bonchev–Trinajstić information content (AvgIpc) is 2.87. The van der Waals surface area contributed by atoms with Crippen LogP contribution < -0.4 is 0 Å². The third-order valence-corrected chi connectivity index (χ3v) is 5.94. The zero-order valence-corrected chi connectivity index (χ0v) is 12.4. The van der Waals surface area contributed by atoms with Crippen molar-refractivity contribution in [2.24, 2.45) is 11.8 Å². The molecule has 1 saturated heterocycles. The molecule has 0 aromatic carbocycles. The van der Waals surface area contributed by atoms with E-state index in [0.717, 1.165) is 18.0 Å². The SMILES string of the molecule is COC1(c2ccc(C#N)s2)C2CCCC1CN(C)C2. The number of nitriles is 1. The van der Waals surface area contributed by atoms with Crippen LogP contribution >= 0.6 is 11.3 Å². The van der Waals surface area contributed by atoms with E-state index < -0.39 is 0 Å². The van der Waals surface area contributed by atoms with Crippen LogP contribution in [-0.2, 0) is 10.3 Å². The number of nitrogens with zero attached hydrogens (tertiary/aromatic N) is 2. The van der Waals surface area contributed by atoms with E-state index >= 15 is 0 Å². The summed E-state index contributed by atoms with van der Waals surface area (Å²) in [7, 11) is 4.06. The van der Waals surface area contributed by atoms with E-state index in [-0.39, 0.29) is 5.60 Å². The van der Waals surface area contributed by atoms with Crippen molar-refractivity contribution in [2.75, 3.05) is 27.2 Å². The molecule has 3 nitrogen and oxygen atoms in total. The number of piperidine rings is 1. The van der Waals surface area contributed by atoms with Crippen molar-refractivity contribution in [2.45, 2.75) is 24.9 Å². The molecule has 19 heavy (non-hydrogen) atoms. The van der Waals surface area contributed by atoms with E-state index in [9.17, 15) is 0 Å². The maximum Gasteiger partial charge on any atom is 0.110 e. The topological polar surface area (TPSA) is 36.3 Å². The largest absolute Gasteiger partial charge is 0.372 e. The van der Waals surface area contributed by atoms with Crippen molar-refractivity contribution in [3.63, 3.8) is 0 Å². The standard InChI is InChI=1S/C15H20N2OS/c1-17-9-11-4-3-5-12(10-17)15(11,18-2)14-7-6-13(8-16)19-14/h6-7,11-12H,3-5,9-10H2,1-2H3. The van der Waals surface area contributed by atoms with Crippen molar-refractivity contribution < 1.29 is 4.74 Å². The Bertz CT molecular complexity index is 490. The zero-order chi connectivity index (χ0) is 13.5. The lowest BCUT2D eigenvalue weighted by molar-refractivity contribution is -0.163. The molecule has 0 radical (unpaired) electrons. The van der Waals surface area contributed by atoms with Crippen molar-refractivity contribution in [3.05, 3.63) is 21.9 Å². The van der Waals surface area contributed by atoms with Crippen LogP contribution in [0.4, 0.5) is 0 Å². The fourth-order valence-corrected chi connectivity index (χ4v) is 5.23. The Morgan fingerprint density at radius 2 is 2.05 bits per heavy atom. The first-order chi connectivity index (χ1) is 9.20. The Kier molecular flexibility index (Phi) is 3.38. The maximum absolute atomic E-state index is 9.06. The molecular formula is C15H20N2OS. The normalized spacial score (nSPS) is 35.0. The smallest absolute Gasteiger partial charge is 0.110 e. The minimum Gasteiger partial charge on any atom is -0.372 e. The van der Waals surface area contributed by atoms with Crippen LogP contribution in [0, 0.1) is 23.2 Å². The lowest BCUT2D eigenvalue weighted by Gasteiger charge is -2.54. The first-order valence-electron chi connectivity index (χ1n) is 6.94. The van der Waals surface area contributed by atoms with Gasteiger partial charge in [-0.1, -0.05) is 6.42 Å². The zero-order valence-electron chi connectivity index (χ0n) is 11.6. The second kappa shape index (κ2) is 4.90. The summed E-state index contributed by atoms with van der Waals surface area (Å²) < 4.78 is 6.11. The van der Waals surface area contributed by atoms with Crippen molar-refractivity contribution >= 4 is 11.3 Å². The molecule has 3 rings (SSSR count). The molecule has 2 heterocycles. The molecule has 4 heteroatoms. The molecule has 2 atom stereocenters. The summed E-state index contributed by atoms with van der Waals surface area (Å²) in [6, 6.07) is 6.31. The van der Waals surface area contributed by atoms with E-state index in [4.69, 9.17) is 10.00 Å². The Morgan fingerprint density at radius 3 is 2.58 bits per heavy atom. The molecule has 1 aromatic rings. The lowest BCUT2D eigenvalue weighted by atomic mass is 9.64. The van der Waals surface area contributed by atoms with Gasteiger partial charge in [-0.25, -0.2) is 0 Å². The summed E-state index contributed by atoms with van der Waals surface area (Å²) >= 11 is 1.62. The summed E-state index contributed by atoms with van der Waals surface area (Å²) in [5.41, 5.74) is -0.148. The van der Waals surface area contributed by atoms with Crippen LogP contribution in [0.1, 0.15) is 29.0 Å². The van der Waals surface area contributed by atoms with Crippen molar-refractivity contribution in [3.8, 4) is 6.07 Å². The molecule has 1 aliphatic heterocycles. The molecule has 0 amide bonds. The number of rotatable bonds is 2. The number of likely N-dealkylation sites (tertiary alicyclic amines) is 1. The van der Waals surface area contributed by atoms with Gasteiger partial charge < -0.3 is 9.64 Å². The first kappa shape index (κ1) is 13.1. The Balaban J connectivity index is 2.04. The molecular weight excluding hydrogens is 256 g/mol. The van der Waals surface area contributed by atoms with Crippen molar-refractivity contribution in [1.82, 2.24) is 4.90 Å². The molecule has 1 aliphatic carbocycles. The summed E-state index contributed by atoms with van der Waals surface area (Å²) in [4.78, 5) is 4.49. The number of ether oxygens (including phenoxy) is 1. The van der Waals surface area contributed by atoms with Crippen LogP contribution in [0.15, 0.2) is 12.1 Å². The maximum atomic E-state index is 9.06. The van der Waals surface area contributed by atoms with Crippen molar-refractivity contribution in [1.29, 1.82) is 5.26 Å². The predicted molar refractivity (Wildman–Crippen MR) is 76.0 cm³/mol. The van der Waals surface area contributed by atoms with E-state index in [1.165, 1.54) is 24.1 Å². The highest BCUT2D eigenvalue weighted by Gasteiger charge is 2.53. The van der Waals surface area contributed by atoms with Crippen LogP contribution in [-0.4, -0.2) is 32.1 Å². The molecule has 0 spiro atoms. The van der Waals surface area contributed by atoms with Gasteiger partial charge in [0.2, 0.25) is 0 Å². The molecule has 0 N–H and O–H groups in total. The van der Waals surface area contributed by atoms with Gasteiger partial charge >= 0.3 is 0 Å². The van der Waals surface area contributed by atoms with E-state index in [2.05, 4.69) is 24.1 Å². The van der Waals surface area contributed by atoms with E-state index in [0.29, 0.717) is 11.8 Å². The Hall–Kier alpha value is -0.890. The van der Waals surface area contributed by atoms with Gasteiger partial charge in [-0.05, 0) is 32.0 Å². The van der Waals surface area contributed by atoms with Gasteiger partial charge in [-0.2, -0.15) is 5.26 Å². The first-order valence-corrected chi connectivity index (χ1v) is 7.76. The third-order valence-electron chi connectivity index (χ3n) is 4.82. The Labute approximate surface area is 118 Å². The second-order valence-corrected chi connectivity index (χ2v) is 6.90. The highest BCUT2D eigenvalue weighted by molar-refractivity contribution is 7.12. The monoisotopic (exact) mass is 276 g/mol. The minimum atomic E-state index is -0.148. The van der Waals surface area contributed by atoms with Crippen LogP contribution in [0.25, 0.3) is 0 Å². The number of fused-ring (bicyclic) bond motifs is 2. The number of methoxy groups -OCH3 is 1. The van der Waals surface area contributed by atoms with E-state index in [1.807, 2.05) is 13.2 Å². The van der Waals surface area contributed by atoms with Gasteiger partial charge in [0.15, 0.2) is 0 Å². The number of hydrogen-bond donors (Lipinski definition) is 0. The summed E-state index contributed by atoms with van der Waals surface area (Å²) in [6.45, 7) is 2.20. The molecule has 2 aliphatic rings. The van der Waals surface area contributed by atoms with Gasteiger partial charge in [0.1, 0.15) is 16.5 Å². The molecule has 2 bridgehead atoms. The number of thiophene rings is 1. The fourth-order valence-electron chi connectivity index (χ4n) is 4.10. The highest BCUT2D eigenvalue weighted by Crippen LogP contribution is 2.52. The van der Waals surface area contributed by atoms with E-state index in [1.54, 1.807) is 11.3 Å². The summed E-state index contributed by atoms with van der Waals surface area (Å²) in [5, 5.41) is 9.06. The molecule has 2 fully saturated rings. The molecule has 102 valence electrons. The quantitative estimate of drug-likeness (QED) is 0.833. The van der Waals surface area contributed by atoms with Crippen LogP contribution in [0.5, 0.6) is 0 Å². The molecule has 1 aromatic heterocycles. The molecule has 2 unspecified atom stereocenters. The average molecular weight is 276 g/mol. The molecule has 1 saturated carbocycles. The predicted octanol–water partition coefficient (Wildman–Crippen LogP) is 2.82. The van der Waals surface area contributed by atoms with Gasteiger partial charge in [0.05, 0.1) is 0 Å². The fraction of sp³-hybridized carbons (Fsp3) is 0.667. The van der Waals surface area contributed by atoms with Gasteiger partial charge in [-0.3, -0.25) is 0 Å². The van der Waals surface area contributed by atoms with Gasteiger partial charge in [0.25, 0.3) is 0 Å². The van der Waals surface area contributed by atoms with Crippen LogP contribution in [0.3, 0.4) is 0 Å². The summed E-state index contributed by atoms with van der Waals surface area (Å²) in [5.74, 6) is 1.11. The summed E-state index contributed by atoms with van der Waals surface area (Å²) in [6.07, 6.45) is 3.77. The van der Waals surface area contributed by atoms with Gasteiger partial charge in [-0.15, -0.1) is 11.3 Å².